The summed E-state index contributed by atoms with van der Waals surface area (Å²) in [5.74, 6) is -0.470. The number of carbonyl (C=O) groups is 3. The highest BCUT2D eigenvalue weighted by Gasteiger charge is 2.32. The van der Waals surface area contributed by atoms with Crippen LogP contribution in [0.2, 0.25) is 0 Å². The minimum atomic E-state index is -4.48. The van der Waals surface area contributed by atoms with E-state index in [1.54, 1.807) is 31.0 Å². The molecule has 9 nitrogen and oxygen atoms in total. The molecular weight excluding hydrogens is 707 g/mol. The van der Waals surface area contributed by atoms with E-state index in [1.807, 2.05) is 78.7 Å². The fourth-order valence-electron chi connectivity index (χ4n) is 6.52. The van der Waals surface area contributed by atoms with Crippen molar-refractivity contribution >= 4 is 29.5 Å². The second kappa shape index (κ2) is 18.6. The number of anilines is 1. The normalized spacial score (nSPS) is 13.9. The van der Waals surface area contributed by atoms with E-state index >= 15 is 0 Å². The monoisotopic (exact) mass is 755 g/mol. The Kier molecular flexibility index (Phi) is 13.7. The number of nitrogens with zero attached hydrogens (tertiary/aromatic N) is 5. The van der Waals surface area contributed by atoms with E-state index in [0.717, 1.165) is 34.5 Å². The number of likely N-dealkylation sites (N-methyl/N-ethyl adjacent to an activating group) is 2. The zero-order valence-corrected chi connectivity index (χ0v) is 31.5. The van der Waals surface area contributed by atoms with Crippen molar-refractivity contribution in [1.82, 2.24) is 19.6 Å². The van der Waals surface area contributed by atoms with Gasteiger partial charge in [-0.3, -0.25) is 14.4 Å². The summed E-state index contributed by atoms with van der Waals surface area (Å²) in [5.41, 5.74) is 3.28. The summed E-state index contributed by atoms with van der Waals surface area (Å²) in [5, 5.41) is 9.64. The third-order valence-corrected chi connectivity index (χ3v) is 9.83. The highest BCUT2D eigenvalue weighted by molar-refractivity contribution is 5.95. The molecule has 0 spiro atoms. The lowest BCUT2D eigenvalue weighted by Gasteiger charge is -2.36. The van der Waals surface area contributed by atoms with Gasteiger partial charge in [0.25, 0.3) is 0 Å². The van der Waals surface area contributed by atoms with E-state index in [-0.39, 0.29) is 30.5 Å². The van der Waals surface area contributed by atoms with Gasteiger partial charge < -0.3 is 29.6 Å². The molecule has 290 valence electrons. The number of benzene rings is 4. The maximum Gasteiger partial charge on any atom is 0.416 e. The highest BCUT2D eigenvalue weighted by atomic mass is 19.4. The number of phenolic OH excluding ortho intramolecular Hbond substituents is 1. The SMILES string of the molecule is CC(=O)N1CCN(c2ccc(CN(C(=O)/C=C/c3ccc(C(F)(F)F)cc3)[C@@H](Cc3ccccc3)C(=O)N(C)CCN(C)Cc3ccc(O)cc3)cc2)CC1. The van der Waals surface area contributed by atoms with Crippen molar-refractivity contribution in [2.45, 2.75) is 38.7 Å². The van der Waals surface area contributed by atoms with Crippen LogP contribution in [0.25, 0.3) is 6.08 Å². The number of aromatic hydroxyl groups is 1. The van der Waals surface area contributed by atoms with Gasteiger partial charge >= 0.3 is 6.18 Å². The molecule has 1 atom stereocenters. The van der Waals surface area contributed by atoms with E-state index in [2.05, 4.69) is 9.80 Å². The minimum Gasteiger partial charge on any atom is -0.508 e. The topological polar surface area (TPSA) is 87.6 Å². The Morgan fingerprint density at radius 2 is 1.36 bits per heavy atom. The van der Waals surface area contributed by atoms with Gasteiger partial charge in [-0.25, -0.2) is 0 Å². The molecule has 0 radical (unpaired) electrons. The molecule has 1 aliphatic rings. The largest absolute Gasteiger partial charge is 0.508 e. The number of halogens is 3. The first-order valence-corrected chi connectivity index (χ1v) is 18.3. The molecule has 0 bridgehead atoms. The molecule has 0 unspecified atom stereocenters. The van der Waals surface area contributed by atoms with Gasteiger partial charge in [0.05, 0.1) is 5.56 Å². The quantitative estimate of drug-likeness (QED) is 0.152. The Hall–Kier alpha value is -5.62. The molecular formula is C43H48F3N5O4. The number of carbonyl (C=O) groups excluding carboxylic acids is 3. The Labute approximate surface area is 320 Å². The number of piperazine rings is 1. The van der Waals surface area contributed by atoms with E-state index < -0.39 is 23.7 Å². The zero-order chi connectivity index (χ0) is 39.5. The second-order valence-electron chi connectivity index (χ2n) is 13.9. The van der Waals surface area contributed by atoms with Gasteiger partial charge in [-0.15, -0.1) is 0 Å². The van der Waals surface area contributed by atoms with E-state index in [1.165, 1.54) is 29.2 Å². The third kappa shape index (κ3) is 11.7. The van der Waals surface area contributed by atoms with Crippen LogP contribution in [0.3, 0.4) is 0 Å². The van der Waals surface area contributed by atoms with Crippen LogP contribution in [0, 0.1) is 0 Å². The van der Waals surface area contributed by atoms with Crippen LogP contribution in [0.1, 0.15) is 34.7 Å². The van der Waals surface area contributed by atoms with Crippen LogP contribution >= 0.6 is 0 Å². The first-order chi connectivity index (χ1) is 26.3. The van der Waals surface area contributed by atoms with Crippen LogP contribution in [0.5, 0.6) is 5.75 Å². The number of hydrogen-bond donors (Lipinski definition) is 1. The molecule has 1 aliphatic heterocycles. The van der Waals surface area contributed by atoms with Gasteiger partial charge in [-0.1, -0.05) is 66.7 Å². The van der Waals surface area contributed by atoms with Crippen LogP contribution in [-0.2, 0) is 40.1 Å². The smallest absolute Gasteiger partial charge is 0.416 e. The van der Waals surface area contributed by atoms with Crippen molar-refractivity contribution in [3.63, 3.8) is 0 Å². The molecule has 0 saturated carbocycles. The summed E-state index contributed by atoms with van der Waals surface area (Å²) in [7, 11) is 3.66. The molecule has 4 aromatic carbocycles. The highest BCUT2D eigenvalue weighted by Crippen LogP contribution is 2.29. The third-order valence-electron chi connectivity index (χ3n) is 9.83. The van der Waals surface area contributed by atoms with Crippen molar-refractivity contribution in [2.24, 2.45) is 0 Å². The summed E-state index contributed by atoms with van der Waals surface area (Å²) >= 11 is 0. The molecule has 1 saturated heterocycles. The summed E-state index contributed by atoms with van der Waals surface area (Å²) in [4.78, 5) is 49.7. The molecule has 4 aromatic rings. The van der Waals surface area contributed by atoms with E-state index in [0.29, 0.717) is 51.4 Å². The molecule has 0 aliphatic carbocycles. The predicted octanol–water partition coefficient (Wildman–Crippen LogP) is 6.32. The average Bonchev–Trinajstić information content (AvgIpc) is 3.18. The second-order valence-corrected chi connectivity index (χ2v) is 13.9. The Morgan fingerprint density at radius 1 is 0.764 bits per heavy atom. The van der Waals surface area contributed by atoms with E-state index in [9.17, 15) is 32.7 Å². The van der Waals surface area contributed by atoms with Gasteiger partial charge in [-0.05, 0) is 71.8 Å². The molecule has 1 heterocycles. The maximum atomic E-state index is 14.5. The van der Waals surface area contributed by atoms with Crippen molar-refractivity contribution in [2.75, 3.05) is 58.3 Å². The predicted molar refractivity (Wildman–Crippen MR) is 208 cm³/mol. The fourth-order valence-corrected chi connectivity index (χ4v) is 6.52. The maximum absolute atomic E-state index is 14.5. The van der Waals surface area contributed by atoms with Crippen molar-refractivity contribution in [3.05, 3.63) is 137 Å². The molecule has 5 rings (SSSR count). The van der Waals surface area contributed by atoms with Gasteiger partial charge in [0.1, 0.15) is 11.8 Å². The Bertz CT molecular complexity index is 1890. The lowest BCUT2D eigenvalue weighted by atomic mass is 10.0. The Balaban J connectivity index is 1.39. The van der Waals surface area contributed by atoms with Gasteiger partial charge in [0.15, 0.2) is 0 Å². The first kappa shape index (κ1) is 40.6. The van der Waals surface area contributed by atoms with Gasteiger partial charge in [0, 0.05) is 84.5 Å². The first-order valence-electron chi connectivity index (χ1n) is 18.3. The number of rotatable bonds is 14. The summed E-state index contributed by atoms with van der Waals surface area (Å²) in [6.07, 6.45) is -1.47. The number of hydrogen-bond acceptors (Lipinski definition) is 6. The molecule has 0 aromatic heterocycles. The van der Waals surface area contributed by atoms with Crippen molar-refractivity contribution < 1.29 is 32.7 Å². The number of phenols is 1. The van der Waals surface area contributed by atoms with Crippen molar-refractivity contribution in [1.29, 1.82) is 0 Å². The van der Waals surface area contributed by atoms with Crippen LogP contribution in [0.15, 0.2) is 109 Å². The summed E-state index contributed by atoms with van der Waals surface area (Å²) in [6, 6.07) is 27.9. The van der Waals surface area contributed by atoms with Gasteiger partial charge in [0.2, 0.25) is 17.7 Å². The van der Waals surface area contributed by atoms with Crippen LogP contribution in [-0.4, -0.2) is 102 Å². The zero-order valence-electron chi connectivity index (χ0n) is 31.5. The average molecular weight is 756 g/mol. The lowest BCUT2D eigenvalue weighted by molar-refractivity contribution is -0.143. The van der Waals surface area contributed by atoms with Crippen LogP contribution < -0.4 is 4.90 Å². The molecule has 55 heavy (non-hydrogen) atoms. The molecule has 3 amide bonds. The Morgan fingerprint density at radius 3 is 1.96 bits per heavy atom. The standard InChI is InChI=1S/C43H48F3N5O4/c1-32(52)49-25-27-50(28-26-49)38-18-11-36(12-19-38)31-51(41(54)22-15-33-9-16-37(17-10-33)43(44,45)46)40(29-34-7-5-4-6-8-34)42(55)48(3)24-23-47(2)30-35-13-20-39(53)21-14-35/h4-22,40,53H,23-31H2,1-3H3/b22-15+/t40-/m0/s1. The lowest BCUT2D eigenvalue weighted by Crippen LogP contribution is -2.51. The van der Waals surface area contributed by atoms with Crippen LogP contribution in [0.4, 0.5) is 18.9 Å². The van der Waals surface area contributed by atoms with E-state index in [4.69, 9.17) is 0 Å². The fraction of sp³-hybridized carbons (Fsp3) is 0.326. The molecule has 12 heteroatoms. The molecule has 1 fully saturated rings. The summed E-state index contributed by atoms with van der Waals surface area (Å²) in [6.45, 7) is 5.87. The van der Waals surface area contributed by atoms with Gasteiger partial charge in [-0.2, -0.15) is 13.2 Å². The molecule has 1 N–H and O–H groups in total. The summed E-state index contributed by atoms with van der Waals surface area (Å²) < 4.78 is 39.6. The van der Waals surface area contributed by atoms with Crippen molar-refractivity contribution in [3.8, 4) is 5.75 Å². The number of alkyl halides is 3. The minimum absolute atomic E-state index is 0.0541. The number of amides is 3.